The van der Waals surface area contributed by atoms with Crippen molar-refractivity contribution < 1.29 is 4.79 Å². The van der Waals surface area contributed by atoms with Gasteiger partial charge in [-0.1, -0.05) is 18.2 Å². The third kappa shape index (κ3) is 4.02. The van der Waals surface area contributed by atoms with Crippen molar-refractivity contribution in [1.29, 1.82) is 0 Å². The molecule has 5 nitrogen and oxygen atoms in total. The predicted molar refractivity (Wildman–Crippen MR) is 100 cm³/mol. The molecule has 3 rings (SSSR count). The van der Waals surface area contributed by atoms with E-state index in [9.17, 15) is 4.79 Å². The molecule has 0 aliphatic heterocycles. The van der Waals surface area contributed by atoms with Crippen LogP contribution in [0.3, 0.4) is 0 Å². The lowest BCUT2D eigenvalue weighted by molar-refractivity contribution is 0.102. The standard InChI is InChI=1S/C20H20N4O/c21-13-15-4-6-16(7-5-15)24-20(25)17-2-1-3-19(22)18(17)12-14-8-10-23-11-9-14/h1-11H,12-13,21-22H2,(H,24,25). The highest BCUT2D eigenvalue weighted by molar-refractivity contribution is 6.06. The highest BCUT2D eigenvalue weighted by atomic mass is 16.1. The van der Waals surface area contributed by atoms with Crippen molar-refractivity contribution in [3.05, 3.63) is 89.2 Å². The van der Waals surface area contributed by atoms with Gasteiger partial charge >= 0.3 is 0 Å². The van der Waals surface area contributed by atoms with Gasteiger partial charge in [0.1, 0.15) is 0 Å². The summed E-state index contributed by atoms with van der Waals surface area (Å²) in [5, 5.41) is 2.92. The van der Waals surface area contributed by atoms with Gasteiger partial charge in [-0.3, -0.25) is 9.78 Å². The second kappa shape index (κ2) is 7.59. The van der Waals surface area contributed by atoms with Crippen LogP contribution in [-0.4, -0.2) is 10.9 Å². The summed E-state index contributed by atoms with van der Waals surface area (Å²) in [4.78, 5) is 16.7. The van der Waals surface area contributed by atoms with E-state index in [0.29, 0.717) is 24.2 Å². The molecule has 5 heteroatoms. The first-order valence-electron chi connectivity index (χ1n) is 8.04. The number of aromatic nitrogens is 1. The molecule has 126 valence electrons. The van der Waals surface area contributed by atoms with E-state index < -0.39 is 0 Å². The fourth-order valence-electron chi connectivity index (χ4n) is 2.64. The van der Waals surface area contributed by atoms with Gasteiger partial charge in [-0.15, -0.1) is 0 Å². The number of anilines is 2. The molecule has 0 fully saturated rings. The molecule has 25 heavy (non-hydrogen) atoms. The zero-order valence-corrected chi connectivity index (χ0v) is 13.8. The van der Waals surface area contributed by atoms with E-state index in [1.807, 2.05) is 42.5 Å². The number of hydrogen-bond donors (Lipinski definition) is 3. The summed E-state index contributed by atoms with van der Waals surface area (Å²) in [7, 11) is 0. The molecule has 1 amide bonds. The Morgan fingerprint density at radius 2 is 1.68 bits per heavy atom. The van der Waals surface area contributed by atoms with Gasteiger partial charge < -0.3 is 16.8 Å². The molecule has 2 aromatic carbocycles. The molecule has 1 aromatic heterocycles. The molecule has 0 spiro atoms. The number of pyridine rings is 1. The average Bonchev–Trinajstić information content (AvgIpc) is 2.65. The van der Waals surface area contributed by atoms with E-state index in [-0.39, 0.29) is 5.91 Å². The Bertz CT molecular complexity index is 861. The minimum absolute atomic E-state index is 0.183. The Hall–Kier alpha value is -3.18. The number of nitrogens with one attached hydrogen (secondary N) is 1. The van der Waals surface area contributed by atoms with Crippen LogP contribution in [0.15, 0.2) is 67.0 Å². The average molecular weight is 332 g/mol. The number of hydrogen-bond acceptors (Lipinski definition) is 4. The van der Waals surface area contributed by atoms with Gasteiger partial charge in [0.05, 0.1) is 0 Å². The molecule has 0 aliphatic carbocycles. The van der Waals surface area contributed by atoms with Crippen LogP contribution >= 0.6 is 0 Å². The number of nitrogens with zero attached hydrogens (tertiary/aromatic N) is 1. The number of nitrogen functional groups attached to an aromatic ring is 1. The van der Waals surface area contributed by atoms with Crippen molar-refractivity contribution in [2.45, 2.75) is 13.0 Å². The number of carbonyl (C=O) groups is 1. The Morgan fingerprint density at radius 1 is 0.960 bits per heavy atom. The second-order valence-corrected chi connectivity index (χ2v) is 5.76. The normalized spacial score (nSPS) is 10.4. The summed E-state index contributed by atoms with van der Waals surface area (Å²) in [5.41, 5.74) is 16.5. The molecule has 5 N–H and O–H groups in total. The lowest BCUT2D eigenvalue weighted by atomic mass is 9.98. The molecule has 0 atom stereocenters. The molecule has 3 aromatic rings. The molecule has 0 radical (unpaired) electrons. The second-order valence-electron chi connectivity index (χ2n) is 5.76. The highest BCUT2D eigenvalue weighted by Crippen LogP contribution is 2.22. The van der Waals surface area contributed by atoms with E-state index in [4.69, 9.17) is 11.5 Å². The van der Waals surface area contributed by atoms with Gasteiger partial charge in [-0.05, 0) is 53.1 Å². The lowest BCUT2D eigenvalue weighted by Crippen LogP contribution is -2.15. The molecule has 0 unspecified atom stereocenters. The van der Waals surface area contributed by atoms with Crippen LogP contribution in [0, 0.1) is 0 Å². The smallest absolute Gasteiger partial charge is 0.256 e. The van der Waals surface area contributed by atoms with E-state index in [1.165, 1.54) is 0 Å². The lowest BCUT2D eigenvalue weighted by Gasteiger charge is -2.13. The van der Waals surface area contributed by atoms with Gasteiger partial charge in [-0.25, -0.2) is 0 Å². The van der Waals surface area contributed by atoms with Crippen molar-refractivity contribution in [2.24, 2.45) is 5.73 Å². The summed E-state index contributed by atoms with van der Waals surface area (Å²) in [6, 6.07) is 16.7. The number of rotatable bonds is 5. The van der Waals surface area contributed by atoms with Gasteiger partial charge in [0.15, 0.2) is 0 Å². The maximum atomic E-state index is 12.7. The fraction of sp³-hybridized carbons (Fsp3) is 0.100. The topological polar surface area (TPSA) is 94.0 Å². The summed E-state index contributed by atoms with van der Waals surface area (Å²) in [6.07, 6.45) is 4.03. The fourth-order valence-corrected chi connectivity index (χ4v) is 2.64. The summed E-state index contributed by atoms with van der Waals surface area (Å²) >= 11 is 0. The first-order valence-corrected chi connectivity index (χ1v) is 8.04. The molecule has 0 saturated heterocycles. The monoisotopic (exact) mass is 332 g/mol. The third-order valence-corrected chi connectivity index (χ3v) is 4.03. The Balaban J connectivity index is 1.85. The largest absolute Gasteiger partial charge is 0.398 e. The Labute approximate surface area is 146 Å². The van der Waals surface area contributed by atoms with Crippen LogP contribution in [0.25, 0.3) is 0 Å². The van der Waals surface area contributed by atoms with Crippen molar-refractivity contribution >= 4 is 17.3 Å². The van der Waals surface area contributed by atoms with E-state index in [0.717, 1.165) is 22.4 Å². The molecule has 0 bridgehead atoms. The number of benzene rings is 2. The quantitative estimate of drug-likeness (QED) is 0.626. The van der Waals surface area contributed by atoms with Gasteiger partial charge in [-0.2, -0.15) is 0 Å². The van der Waals surface area contributed by atoms with Crippen LogP contribution < -0.4 is 16.8 Å². The summed E-state index contributed by atoms with van der Waals surface area (Å²) in [5.74, 6) is -0.183. The van der Waals surface area contributed by atoms with Crippen LogP contribution in [0.1, 0.15) is 27.0 Å². The first-order chi connectivity index (χ1) is 12.2. The van der Waals surface area contributed by atoms with E-state index in [2.05, 4.69) is 10.3 Å². The zero-order valence-electron chi connectivity index (χ0n) is 13.8. The van der Waals surface area contributed by atoms with Crippen molar-refractivity contribution in [2.75, 3.05) is 11.1 Å². The Morgan fingerprint density at radius 3 is 2.36 bits per heavy atom. The maximum Gasteiger partial charge on any atom is 0.256 e. The molecule has 0 aliphatic rings. The van der Waals surface area contributed by atoms with E-state index >= 15 is 0 Å². The molecule has 0 saturated carbocycles. The third-order valence-electron chi connectivity index (χ3n) is 4.03. The molecular weight excluding hydrogens is 312 g/mol. The SMILES string of the molecule is NCc1ccc(NC(=O)c2cccc(N)c2Cc2ccncc2)cc1. The molecular formula is C20H20N4O. The van der Waals surface area contributed by atoms with Gasteiger partial charge in [0, 0.05) is 42.3 Å². The zero-order chi connectivity index (χ0) is 17.6. The number of carbonyl (C=O) groups excluding carboxylic acids is 1. The van der Waals surface area contributed by atoms with Crippen molar-refractivity contribution in [3.63, 3.8) is 0 Å². The minimum Gasteiger partial charge on any atom is -0.398 e. The highest BCUT2D eigenvalue weighted by Gasteiger charge is 2.14. The van der Waals surface area contributed by atoms with Gasteiger partial charge in [0.2, 0.25) is 0 Å². The van der Waals surface area contributed by atoms with E-state index in [1.54, 1.807) is 24.5 Å². The van der Waals surface area contributed by atoms with Crippen molar-refractivity contribution in [3.8, 4) is 0 Å². The van der Waals surface area contributed by atoms with Crippen LogP contribution in [-0.2, 0) is 13.0 Å². The minimum atomic E-state index is -0.183. The van der Waals surface area contributed by atoms with Crippen molar-refractivity contribution in [1.82, 2.24) is 4.98 Å². The first kappa shape index (κ1) is 16.7. The summed E-state index contributed by atoms with van der Waals surface area (Å²) in [6.45, 7) is 0.472. The maximum absolute atomic E-state index is 12.7. The van der Waals surface area contributed by atoms with Crippen LogP contribution in [0.4, 0.5) is 11.4 Å². The summed E-state index contributed by atoms with van der Waals surface area (Å²) < 4.78 is 0. The number of nitrogens with two attached hydrogens (primary N) is 2. The van der Waals surface area contributed by atoms with Crippen LogP contribution in [0.5, 0.6) is 0 Å². The molecule has 1 heterocycles. The number of amides is 1. The Kier molecular flexibility index (Phi) is 5.06. The van der Waals surface area contributed by atoms with Gasteiger partial charge in [0.25, 0.3) is 5.91 Å². The predicted octanol–water partition coefficient (Wildman–Crippen LogP) is 2.97. The van der Waals surface area contributed by atoms with Crippen LogP contribution in [0.2, 0.25) is 0 Å².